The molecule has 1 saturated heterocycles. The number of carboxylic acid groups (broad SMARTS) is 2. The number of carboxylic acids is 2. The average Bonchev–Trinajstić information content (AvgIpc) is 3.22. The Balaban J connectivity index is 0.000000277. The van der Waals surface area contributed by atoms with Crippen molar-refractivity contribution in [1.82, 2.24) is 14.1 Å². The number of hydrogen-bond donors (Lipinski definition) is 3. The Morgan fingerprint density at radius 3 is 2.61 bits per heavy atom. The molecule has 2 bridgehead atoms. The SMILES string of the molecule is CCCSc1nsnc1OC1CC2CC1CN2.O=C(O)C(=O)O. The first-order valence-electron chi connectivity index (χ1n) is 7.32. The van der Waals surface area contributed by atoms with E-state index in [-0.39, 0.29) is 0 Å². The number of ether oxygens (including phenoxy) is 1. The first-order chi connectivity index (χ1) is 11.0. The molecule has 3 rings (SSSR count). The molecule has 128 valence electrons. The Morgan fingerprint density at radius 2 is 2.09 bits per heavy atom. The molecule has 3 atom stereocenters. The summed E-state index contributed by atoms with van der Waals surface area (Å²) in [4.78, 5) is 18.2. The van der Waals surface area contributed by atoms with Crippen molar-refractivity contribution in [2.75, 3.05) is 12.3 Å². The van der Waals surface area contributed by atoms with Crippen molar-refractivity contribution in [3.05, 3.63) is 0 Å². The van der Waals surface area contributed by atoms with Crippen LogP contribution in [0.1, 0.15) is 26.2 Å². The van der Waals surface area contributed by atoms with Crippen molar-refractivity contribution < 1.29 is 24.5 Å². The highest BCUT2D eigenvalue weighted by molar-refractivity contribution is 7.99. The molecule has 2 aliphatic rings. The Kier molecular flexibility index (Phi) is 6.60. The van der Waals surface area contributed by atoms with Gasteiger partial charge in [-0.3, -0.25) is 0 Å². The van der Waals surface area contributed by atoms with E-state index < -0.39 is 11.9 Å². The summed E-state index contributed by atoms with van der Waals surface area (Å²) in [5, 5.41) is 19.3. The van der Waals surface area contributed by atoms with Gasteiger partial charge in [-0.2, -0.15) is 4.37 Å². The second-order valence-electron chi connectivity index (χ2n) is 5.33. The predicted molar refractivity (Wildman–Crippen MR) is 85.1 cm³/mol. The quantitative estimate of drug-likeness (QED) is 0.526. The van der Waals surface area contributed by atoms with E-state index in [2.05, 4.69) is 21.0 Å². The first kappa shape index (κ1) is 18.0. The summed E-state index contributed by atoms with van der Waals surface area (Å²) < 4.78 is 14.6. The largest absolute Gasteiger partial charge is 0.473 e. The van der Waals surface area contributed by atoms with Crippen LogP contribution in [0.4, 0.5) is 0 Å². The molecule has 0 radical (unpaired) electrons. The van der Waals surface area contributed by atoms with Crippen LogP contribution in [0, 0.1) is 5.92 Å². The number of aromatic nitrogens is 2. The maximum Gasteiger partial charge on any atom is 0.414 e. The lowest BCUT2D eigenvalue weighted by Gasteiger charge is -2.22. The summed E-state index contributed by atoms with van der Waals surface area (Å²) in [6, 6.07) is 0.670. The van der Waals surface area contributed by atoms with E-state index in [0.717, 1.165) is 36.0 Å². The average molecular weight is 361 g/mol. The van der Waals surface area contributed by atoms with E-state index in [1.807, 2.05) is 0 Å². The van der Waals surface area contributed by atoms with Crippen LogP contribution in [0.15, 0.2) is 5.03 Å². The lowest BCUT2D eigenvalue weighted by molar-refractivity contribution is -0.159. The molecule has 1 aromatic heterocycles. The lowest BCUT2D eigenvalue weighted by atomic mass is 10.1. The van der Waals surface area contributed by atoms with Gasteiger partial charge < -0.3 is 20.3 Å². The van der Waals surface area contributed by atoms with Gasteiger partial charge in [0.1, 0.15) is 6.10 Å². The minimum Gasteiger partial charge on any atom is -0.473 e. The number of aliphatic carboxylic acids is 2. The summed E-state index contributed by atoms with van der Waals surface area (Å²) >= 11 is 3.01. The summed E-state index contributed by atoms with van der Waals surface area (Å²) in [6.45, 7) is 3.28. The predicted octanol–water partition coefficient (Wildman–Crippen LogP) is 1.32. The van der Waals surface area contributed by atoms with Crippen LogP contribution in [0.25, 0.3) is 0 Å². The number of nitrogens with one attached hydrogen (secondary N) is 1. The van der Waals surface area contributed by atoms with Crippen molar-refractivity contribution in [2.24, 2.45) is 5.92 Å². The van der Waals surface area contributed by atoms with Gasteiger partial charge in [-0.1, -0.05) is 18.7 Å². The molecule has 2 heterocycles. The van der Waals surface area contributed by atoms with Gasteiger partial charge in [0, 0.05) is 24.9 Å². The van der Waals surface area contributed by atoms with Crippen LogP contribution in [0.5, 0.6) is 5.88 Å². The monoisotopic (exact) mass is 361 g/mol. The number of carbonyl (C=O) groups is 2. The third kappa shape index (κ3) is 5.05. The number of hydrogen-bond acceptors (Lipinski definition) is 8. The Labute approximate surface area is 141 Å². The molecule has 0 spiro atoms. The minimum atomic E-state index is -1.82. The van der Waals surface area contributed by atoms with Crippen LogP contribution in [-0.2, 0) is 9.59 Å². The molecule has 1 aliphatic carbocycles. The lowest BCUT2D eigenvalue weighted by Crippen LogP contribution is -2.35. The molecule has 1 saturated carbocycles. The summed E-state index contributed by atoms with van der Waals surface area (Å²) in [6.07, 6.45) is 3.89. The number of rotatable bonds is 5. The smallest absolute Gasteiger partial charge is 0.414 e. The van der Waals surface area contributed by atoms with Gasteiger partial charge in [0.05, 0.1) is 11.7 Å². The molecule has 10 heteroatoms. The van der Waals surface area contributed by atoms with Crippen molar-refractivity contribution in [1.29, 1.82) is 0 Å². The van der Waals surface area contributed by atoms with Crippen LogP contribution in [0.2, 0.25) is 0 Å². The van der Waals surface area contributed by atoms with E-state index in [4.69, 9.17) is 24.5 Å². The molecule has 1 aliphatic heterocycles. The molecule has 0 amide bonds. The number of nitrogens with zero attached hydrogens (tertiary/aromatic N) is 2. The van der Waals surface area contributed by atoms with Gasteiger partial charge in [0.15, 0.2) is 5.03 Å². The third-order valence-electron chi connectivity index (χ3n) is 3.62. The van der Waals surface area contributed by atoms with Gasteiger partial charge in [-0.25, -0.2) is 9.59 Å². The fourth-order valence-electron chi connectivity index (χ4n) is 2.60. The normalized spacial score (nSPS) is 24.8. The number of fused-ring (bicyclic) bond motifs is 2. The molecular formula is C13H19N3O5S2. The molecular weight excluding hydrogens is 342 g/mol. The van der Waals surface area contributed by atoms with E-state index in [9.17, 15) is 0 Å². The van der Waals surface area contributed by atoms with Gasteiger partial charge in [-0.05, 0) is 18.6 Å². The van der Waals surface area contributed by atoms with E-state index in [1.165, 1.54) is 18.1 Å². The standard InChI is InChI=1S/C11H17N3OS2.C2H2O4/c1-2-3-16-11-10(13-17-14-11)15-9-5-8-4-7(9)6-12-8;3-1(4)2(5)6/h7-9,12H,2-6H2,1H3;(H,3,4)(H,5,6). The highest BCUT2D eigenvalue weighted by Gasteiger charge is 2.41. The molecule has 2 fully saturated rings. The first-order valence-corrected chi connectivity index (χ1v) is 9.04. The van der Waals surface area contributed by atoms with Gasteiger partial charge in [-0.15, -0.1) is 4.37 Å². The maximum atomic E-state index is 9.10. The Morgan fingerprint density at radius 1 is 1.35 bits per heavy atom. The molecule has 3 unspecified atom stereocenters. The second kappa shape index (κ2) is 8.46. The van der Waals surface area contributed by atoms with Gasteiger partial charge >= 0.3 is 11.9 Å². The number of thioether (sulfide) groups is 1. The summed E-state index contributed by atoms with van der Waals surface area (Å²) in [5.74, 6) is -1.12. The number of piperidine rings is 1. The van der Waals surface area contributed by atoms with Crippen molar-refractivity contribution >= 4 is 35.4 Å². The van der Waals surface area contributed by atoms with E-state index in [0.29, 0.717) is 18.1 Å². The summed E-state index contributed by atoms with van der Waals surface area (Å²) in [7, 11) is 0. The molecule has 8 nitrogen and oxygen atoms in total. The topological polar surface area (TPSA) is 122 Å². The minimum absolute atomic E-state index is 0.353. The maximum absolute atomic E-state index is 9.10. The fraction of sp³-hybridized carbons (Fsp3) is 0.692. The zero-order chi connectivity index (χ0) is 16.8. The zero-order valence-electron chi connectivity index (χ0n) is 12.6. The van der Waals surface area contributed by atoms with Crippen LogP contribution >= 0.6 is 23.5 Å². The van der Waals surface area contributed by atoms with Gasteiger partial charge in [0.2, 0.25) is 0 Å². The van der Waals surface area contributed by atoms with Crippen molar-refractivity contribution in [2.45, 2.75) is 43.4 Å². The zero-order valence-corrected chi connectivity index (χ0v) is 14.2. The van der Waals surface area contributed by atoms with Crippen molar-refractivity contribution in [3.63, 3.8) is 0 Å². The second-order valence-corrected chi connectivity index (χ2v) is 6.94. The fourth-order valence-corrected chi connectivity index (χ4v) is 3.98. The van der Waals surface area contributed by atoms with Crippen LogP contribution in [0.3, 0.4) is 0 Å². The van der Waals surface area contributed by atoms with E-state index >= 15 is 0 Å². The molecule has 23 heavy (non-hydrogen) atoms. The third-order valence-corrected chi connectivity index (χ3v) is 5.40. The van der Waals surface area contributed by atoms with Crippen molar-refractivity contribution in [3.8, 4) is 5.88 Å². The Hall–Kier alpha value is -1.39. The van der Waals surface area contributed by atoms with Crippen LogP contribution < -0.4 is 10.1 Å². The van der Waals surface area contributed by atoms with Gasteiger partial charge in [0.25, 0.3) is 5.88 Å². The summed E-state index contributed by atoms with van der Waals surface area (Å²) in [5.41, 5.74) is 0. The highest BCUT2D eigenvalue weighted by Crippen LogP contribution is 2.36. The highest BCUT2D eigenvalue weighted by atomic mass is 32.2. The Bertz CT molecular complexity index is 541. The molecule has 1 aromatic rings. The molecule has 3 N–H and O–H groups in total. The van der Waals surface area contributed by atoms with Crippen LogP contribution in [-0.4, -0.2) is 55.3 Å². The molecule has 0 aromatic carbocycles. The van der Waals surface area contributed by atoms with E-state index in [1.54, 1.807) is 11.8 Å².